The molecule has 8 heteroatoms. The van der Waals surface area contributed by atoms with Crippen LogP contribution in [-0.2, 0) is 16.0 Å². The molecule has 1 aliphatic heterocycles. The summed E-state index contributed by atoms with van der Waals surface area (Å²) in [7, 11) is 1.28. The predicted octanol–water partition coefficient (Wildman–Crippen LogP) is 3.40. The molecule has 0 spiro atoms. The SMILES string of the molecule is CCCN(C(=O)Cc1[nH]c(C(C)=O)c(C)c1C(=O)OC)C1CCN(C(=O)c2ccccc2)CC1. The number of carbonyl (C=O) groups is 4. The number of aromatic amines is 1. The van der Waals surface area contributed by atoms with E-state index < -0.39 is 5.97 Å². The van der Waals surface area contributed by atoms with Crippen LogP contribution in [-0.4, -0.2) is 71.1 Å². The quantitative estimate of drug-likeness (QED) is 0.474. The summed E-state index contributed by atoms with van der Waals surface area (Å²) in [6, 6.07) is 9.22. The Labute approximate surface area is 200 Å². The number of nitrogens with one attached hydrogen (secondary N) is 1. The molecule has 1 aromatic carbocycles. The molecule has 3 rings (SSSR count). The van der Waals surface area contributed by atoms with Gasteiger partial charge in [0.2, 0.25) is 5.91 Å². The molecule has 2 aromatic rings. The predicted molar refractivity (Wildman–Crippen MR) is 128 cm³/mol. The Morgan fingerprint density at radius 2 is 1.76 bits per heavy atom. The molecular formula is C26H33N3O5. The molecule has 1 saturated heterocycles. The van der Waals surface area contributed by atoms with Crippen molar-refractivity contribution < 1.29 is 23.9 Å². The third-order valence-corrected chi connectivity index (χ3v) is 6.40. The van der Waals surface area contributed by atoms with E-state index in [-0.39, 0.29) is 35.6 Å². The van der Waals surface area contributed by atoms with Crippen LogP contribution in [0.2, 0.25) is 0 Å². The van der Waals surface area contributed by atoms with Gasteiger partial charge in [0.15, 0.2) is 5.78 Å². The van der Waals surface area contributed by atoms with Crippen LogP contribution in [0.3, 0.4) is 0 Å². The van der Waals surface area contributed by atoms with Crippen LogP contribution in [0.25, 0.3) is 0 Å². The van der Waals surface area contributed by atoms with Gasteiger partial charge in [0.05, 0.1) is 24.8 Å². The van der Waals surface area contributed by atoms with Gasteiger partial charge in [-0.25, -0.2) is 4.79 Å². The summed E-state index contributed by atoms with van der Waals surface area (Å²) < 4.78 is 4.89. The number of H-pyrrole nitrogens is 1. The zero-order chi connectivity index (χ0) is 24.8. The number of benzene rings is 1. The Morgan fingerprint density at radius 1 is 1.12 bits per heavy atom. The lowest BCUT2D eigenvalue weighted by molar-refractivity contribution is -0.133. The summed E-state index contributed by atoms with van der Waals surface area (Å²) in [5.41, 5.74) is 2.13. The van der Waals surface area contributed by atoms with E-state index in [1.54, 1.807) is 6.92 Å². The molecule has 34 heavy (non-hydrogen) atoms. The first kappa shape index (κ1) is 25.2. The van der Waals surface area contributed by atoms with E-state index in [2.05, 4.69) is 4.98 Å². The fourth-order valence-corrected chi connectivity index (χ4v) is 4.67. The fourth-order valence-electron chi connectivity index (χ4n) is 4.67. The van der Waals surface area contributed by atoms with E-state index in [9.17, 15) is 19.2 Å². The second kappa shape index (κ2) is 11.1. The zero-order valence-electron chi connectivity index (χ0n) is 20.3. The van der Waals surface area contributed by atoms with Gasteiger partial charge in [-0.15, -0.1) is 0 Å². The Balaban J connectivity index is 1.73. The van der Waals surface area contributed by atoms with Crippen molar-refractivity contribution in [3.8, 4) is 0 Å². The lowest BCUT2D eigenvalue weighted by Gasteiger charge is -2.38. The minimum Gasteiger partial charge on any atom is -0.465 e. The van der Waals surface area contributed by atoms with E-state index in [1.165, 1.54) is 14.0 Å². The van der Waals surface area contributed by atoms with Gasteiger partial charge in [-0.1, -0.05) is 25.1 Å². The van der Waals surface area contributed by atoms with Crippen molar-refractivity contribution in [1.82, 2.24) is 14.8 Å². The first-order valence-corrected chi connectivity index (χ1v) is 11.7. The molecule has 1 fully saturated rings. The van der Waals surface area contributed by atoms with Crippen LogP contribution in [0.5, 0.6) is 0 Å². The topological polar surface area (TPSA) is 99.8 Å². The Hall–Kier alpha value is -3.42. The van der Waals surface area contributed by atoms with Crippen LogP contribution < -0.4 is 0 Å². The van der Waals surface area contributed by atoms with Crippen LogP contribution >= 0.6 is 0 Å². The standard InChI is InChI=1S/C26H33N3O5/c1-5-13-29(20-11-14-28(15-12-20)25(32)19-9-7-6-8-10-19)22(31)16-21-23(26(33)34-4)17(2)24(27-21)18(3)30/h6-10,20,27H,5,11-16H2,1-4H3. The molecule has 1 aromatic heterocycles. The van der Waals surface area contributed by atoms with Crippen molar-refractivity contribution in [2.24, 2.45) is 0 Å². The summed E-state index contributed by atoms with van der Waals surface area (Å²) >= 11 is 0. The average Bonchev–Trinajstić information content (AvgIpc) is 3.18. The molecule has 182 valence electrons. The number of ketones is 1. The van der Waals surface area contributed by atoms with Gasteiger partial charge in [-0.3, -0.25) is 14.4 Å². The maximum Gasteiger partial charge on any atom is 0.339 e. The van der Waals surface area contributed by atoms with E-state index >= 15 is 0 Å². The number of rotatable bonds is 8. The summed E-state index contributed by atoms with van der Waals surface area (Å²) in [5.74, 6) is -0.883. The molecular weight excluding hydrogens is 434 g/mol. The first-order chi connectivity index (χ1) is 16.3. The number of methoxy groups -OCH3 is 1. The largest absolute Gasteiger partial charge is 0.465 e. The van der Waals surface area contributed by atoms with Crippen LogP contribution in [0.4, 0.5) is 0 Å². The number of Topliss-reactive ketones (excluding diaryl/α,β-unsaturated/α-hetero) is 1. The molecule has 1 aliphatic rings. The number of amides is 2. The number of nitrogens with zero attached hydrogens (tertiary/aromatic N) is 2. The summed E-state index contributed by atoms with van der Waals surface area (Å²) in [6.07, 6.45) is 2.15. The molecule has 0 aliphatic carbocycles. The van der Waals surface area contributed by atoms with Gasteiger partial charge in [0, 0.05) is 43.9 Å². The fraction of sp³-hybridized carbons (Fsp3) is 0.462. The number of hydrogen-bond donors (Lipinski definition) is 1. The molecule has 0 saturated carbocycles. The number of aromatic nitrogens is 1. The smallest absolute Gasteiger partial charge is 0.339 e. The molecule has 0 radical (unpaired) electrons. The molecule has 2 amide bonds. The van der Waals surface area contributed by atoms with E-state index in [4.69, 9.17) is 4.74 Å². The van der Waals surface area contributed by atoms with Gasteiger partial charge in [0.25, 0.3) is 5.91 Å². The molecule has 0 atom stereocenters. The van der Waals surface area contributed by atoms with E-state index in [0.29, 0.717) is 55.0 Å². The lowest BCUT2D eigenvalue weighted by atomic mass is 10.0. The number of likely N-dealkylation sites (tertiary alicyclic amines) is 1. The van der Waals surface area contributed by atoms with Crippen molar-refractivity contribution >= 4 is 23.6 Å². The maximum absolute atomic E-state index is 13.4. The Morgan fingerprint density at radius 3 is 2.32 bits per heavy atom. The van der Waals surface area contributed by atoms with Crippen LogP contribution in [0.15, 0.2) is 30.3 Å². The molecule has 2 heterocycles. The number of ether oxygens (including phenoxy) is 1. The average molecular weight is 468 g/mol. The second-order valence-electron chi connectivity index (χ2n) is 8.68. The van der Waals surface area contributed by atoms with Gasteiger partial charge in [0.1, 0.15) is 0 Å². The highest BCUT2D eigenvalue weighted by atomic mass is 16.5. The Bertz CT molecular complexity index is 1050. The summed E-state index contributed by atoms with van der Waals surface area (Å²) in [4.78, 5) is 57.2. The lowest BCUT2D eigenvalue weighted by Crippen LogP contribution is -2.49. The van der Waals surface area contributed by atoms with Gasteiger partial charge in [-0.05, 0) is 43.9 Å². The molecule has 0 unspecified atom stereocenters. The minimum atomic E-state index is -0.571. The second-order valence-corrected chi connectivity index (χ2v) is 8.68. The number of hydrogen-bond acceptors (Lipinski definition) is 5. The van der Waals surface area contributed by atoms with E-state index in [1.807, 2.05) is 47.1 Å². The van der Waals surface area contributed by atoms with Crippen molar-refractivity contribution in [1.29, 1.82) is 0 Å². The summed E-state index contributed by atoms with van der Waals surface area (Å²) in [5, 5.41) is 0. The summed E-state index contributed by atoms with van der Waals surface area (Å²) in [6.45, 7) is 6.85. The molecule has 8 nitrogen and oxygen atoms in total. The van der Waals surface area contributed by atoms with Gasteiger partial charge >= 0.3 is 5.97 Å². The number of piperidine rings is 1. The molecule has 0 bridgehead atoms. The van der Waals surface area contributed by atoms with Crippen molar-refractivity contribution in [3.63, 3.8) is 0 Å². The van der Waals surface area contributed by atoms with Crippen molar-refractivity contribution in [2.45, 2.75) is 52.5 Å². The minimum absolute atomic E-state index is 0.00811. The van der Waals surface area contributed by atoms with Crippen molar-refractivity contribution in [3.05, 3.63) is 58.4 Å². The highest BCUT2D eigenvalue weighted by molar-refractivity contribution is 6.01. The van der Waals surface area contributed by atoms with E-state index in [0.717, 1.165) is 6.42 Å². The maximum atomic E-state index is 13.4. The highest BCUT2D eigenvalue weighted by Gasteiger charge is 2.31. The van der Waals surface area contributed by atoms with Crippen LogP contribution in [0, 0.1) is 6.92 Å². The van der Waals surface area contributed by atoms with Crippen LogP contribution in [0.1, 0.15) is 75.6 Å². The normalized spacial score (nSPS) is 14.1. The monoisotopic (exact) mass is 467 g/mol. The third kappa shape index (κ3) is 5.38. The number of carbonyl (C=O) groups excluding carboxylic acids is 4. The van der Waals surface area contributed by atoms with Gasteiger partial charge < -0.3 is 19.5 Å². The van der Waals surface area contributed by atoms with Gasteiger partial charge in [-0.2, -0.15) is 0 Å². The third-order valence-electron chi connectivity index (χ3n) is 6.40. The van der Waals surface area contributed by atoms with Crippen molar-refractivity contribution in [2.75, 3.05) is 26.7 Å². The molecule has 1 N–H and O–H groups in total. The highest BCUT2D eigenvalue weighted by Crippen LogP contribution is 2.24. The zero-order valence-corrected chi connectivity index (χ0v) is 20.3. The number of esters is 1. The first-order valence-electron chi connectivity index (χ1n) is 11.7. The Kier molecular flexibility index (Phi) is 8.26.